The lowest BCUT2D eigenvalue weighted by Gasteiger charge is -2.32. The molecule has 0 amide bonds. The molecule has 0 aromatic carbocycles. The van der Waals surface area contributed by atoms with Gasteiger partial charge in [-0.25, -0.2) is 0 Å². The minimum Gasteiger partial charge on any atom is -0.375 e. The van der Waals surface area contributed by atoms with E-state index in [9.17, 15) is 0 Å². The second-order valence-electron chi connectivity index (χ2n) is 4.60. The normalized spacial score (nSPS) is 32.9. The molecule has 2 aliphatic rings. The maximum Gasteiger partial charge on any atom is 0.0346 e. The van der Waals surface area contributed by atoms with Crippen LogP contribution in [0.4, 0.5) is 0 Å². The predicted molar refractivity (Wildman–Crippen MR) is 61.0 cm³/mol. The van der Waals surface area contributed by atoms with Crippen LogP contribution in [0.2, 0.25) is 0 Å². The molecule has 0 aromatic heterocycles. The van der Waals surface area contributed by atoms with Gasteiger partial charge in [0.1, 0.15) is 0 Å². The lowest BCUT2D eigenvalue weighted by atomic mass is 9.91. The molecule has 14 heavy (non-hydrogen) atoms. The number of hydrogen-bond donors (Lipinski definition) is 0. The van der Waals surface area contributed by atoms with Crippen molar-refractivity contribution >= 4 is 0 Å². The van der Waals surface area contributed by atoms with Crippen LogP contribution in [-0.4, -0.2) is 18.0 Å². The van der Waals surface area contributed by atoms with Crippen molar-refractivity contribution in [1.29, 1.82) is 0 Å². The van der Waals surface area contributed by atoms with Gasteiger partial charge < -0.3 is 4.90 Å². The smallest absolute Gasteiger partial charge is 0.0346 e. The number of fused-ring (bicyclic) bond motifs is 2. The van der Waals surface area contributed by atoms with Crippen LogP contribution in [0, 0.1) is 5.92 Å². The van der Waals surface area contributed by atoms with Crippen LogP contribution in [-0.2, 0) is 0 Å². The van der Waals surface area contributed by atoms with E-state index in [-0.39, 0.29) is 0 Å². The van der Waals surface area contributed by atoms with E-state index in [2.05, 4.69) is 30.7 Å². The van der Waals surface area contributed by atoms with Crippen LogP contribution < -0.4 is 0 Å². The minimum atomic E-state index is 0.701. The Morgan fingerprint density at radius 3 is 3.07 bits per heavy atom. The number of allylic oxidation sites excluding steroid dienone is 2. The lowest BCUT2D eigenvalue weighted by Crippen LogP contribution is -2.34. The monoisotopic (exact) mass is 191 g/mol. The molecule has 0 unspecified atom stereocenters. The van der Waals surface area contributed by atoms with Gasteiger partial charge in [0.2, 0.25) is 0 Å². The molecule has 0 radical (unpaired) electrons. The molecule has 2 bridgehead atoms. The van der Waals surface area contributed by atoms with Gasteiger partial charge in [0.05, 0.1) is 0 Å². The first-order valence-corrected chi connectivity index (χ1v) is 5.87. The molecule has 0 aliphatic carbocycles. The molecule has 1 saturated heterocycles. The van der Waals surface area contributed by atoms with Crippen molar-refractivity contribution in [3.63, 3.8) is 0 Å². The van der Waals surface area contributed by atoms with Crippen molar-refractivity contribution < 1.29 is 0 Å². The van der Waals surface area contributed by atoms with Crippen LogP contribution in [0.15, 0.2) is 24.4 Å². The van der Waals surface area contributed by atoms with Crippen molar-refractivity contribution in [3.8, 4) is 0 Å². The van der Waals surface area contributed by atoms with E-state index in [1.807, 2.05) is 0 Å². The Balaban J connectivity index is 2.24. The first kappa shape index (κ1) is 9.82. The third kappa shape index (κ3) is 1.73. The van der Waals surface area contributed by atoms with Crippen molar-refractivity contribution in [2.75, 3.05) is 7.05 Å². The summed E-state index contributed by atoms with van der Waals surface area (Å²) < 4.78 is 0. The predicted octanol–water partition coefficient (Wildman–Crippen LogP) is 3.34. The highest BCUT2D eigenvalue weighted by Crippen LogP contribution is 2.33. The third-order valence-electron chi connectivity index (χ3n) is 3.81. The summed E-state index contributed by atoms with van der Waals surface area (Å²) in [5, 5.41) is 0. The summed E-state index contributed by atoms with van der Waals surface area (Å²) in [7, 11) is 2.27. The largest absolute Gasteiger partial charge is 0.375 e. The lowest BCUT2D eigenvalue weighted by molar-refractivity contribution is 0.241. The molecule has 0 N–H and O–H groups in total. The molecule has 2 atom stereocenters. The molecule has 2 heterocycles. The fraction of sp³-hybridized carbons (Fsp3) is 0.692. The van der Waals surface area contributed by atoms with E-state index in [1.165, 1.54) is 38.5 Å². The van der Waals surface area contributed by atoms with Crippen molar-refractivity contribution in [3.05, 3.63) is 24.4 Å². The van der Waals surface area contributed by atoms with E-state index in [0.29, 0.717) is 5.92 Å². The summed E-state index contributed by atoms with van der Waals surface area (Å²) >= 11 is 0. The zero-order valence-corrected chi connectivity index (χ0v) is 9.21. The molecule has 0 aromatic rings. The Labute approximate surface area is 87.5 Å². The minimum absolute atomic E-state index is 0.701. The van der Waals surface area contributed by atoms with Gasteiger partial charge in [0, 0.05) is 18.8 Å². The molecule has 1 nitrogen and oxygen atoms in total. The number of hydrogen-bond acceptors (Lipinski definition) is 1. The highest BCUT2D eigenvalue weighted by Gasteiger charge is 2.27. The van der Waals surface area contributed by atoms with E-state index < -0.39 is 0 Å². The average Bonchev–Trinajstić information content (AvgIpc) is 2.47. The first-order chi connectivity index (χ1) is 6.83. The summed E-state index contributed by atoms with van der Waals surface area (Å²) in [6.45, 7) is 3.99. The van der Waals surface area contributed by atoms with Crippen molar-refractivity contribution in [1.82, 2.24) is 4.90 Å². The highest BCUT2D eigenvalue weighted by atomic mass is 15.1. The Bertz CT molecular complexity index is 242. The van der Waals surface area contributed by atoms with Crippen LogP contribution in [0.1, 0.15) is 38.5 Å². The van der Waals surface area contributed by atoms with Gasteiger partial charge in [0.15, 0.2) is 0 Å². The molecule has 78 valence electrons. The standard InChI is InChI=1S/C13H21N/c1-3-11-7-6-9-12-8-4-5-10-13(11)14(12)2/h3,9,11,13H,1,4-8,10H2,2H3/t11-,13-/m1/s1. The van der Waals surface area contributed by atoms with Crippen molar-refractivity contribution in [2.24, 2.45) is 5.92 Å². The van der Waals surface area contributed by atoms with Gasteiger partial charge in [-0.1, -0.05) is 18.6 Å². The van der Waals surface area contributed by atoms with Crippen molar-refractivity contribution in [2.45, 2.75) is 44.6 Å². The zero-order chi connectivity index (χ0) is 9.97. The second kappa shape index (κ2) is 4.20. The fourth-order valence-electron chi connectivity index (χ4n) is 2.90. The Morgan fingerprint density at radius 2 is 2.29 bits per heavy atom. The molecule has 0 spiro atoms. The van der Waals surface area contributed by atoms with E-state index in [4.69, 9.17) is 0 Å². The zero-order valence-electron chi connectivity index (χ0n) is 9.21. The van der Waals surface area contributed by atoms with Gasteiger partial charge in [-0.3, -0.25) is 0 Å². The van der Waals surface area contributed by atoms with Gasteiger partial charge >= 0.3 is 0 Å². The molecule has 1 heteroatoms. The van der Waals surface area contributed by atoms with Crippen LogP contribution in [0.3, 0.4) is 0 Å². The van der Waals surface area contributed by atoms with E-state index in [1.54, 1.807) is 5.70 Å². The molecular formula is C13H21N. The van der Waals surface area contributed by atoms with Gasteiger partial charge in [-0.05, 0) is 38.0 Å². The Kier molecular flexibility index (Phi) is 2.95. The van der Waals surface area contributed by atoms with Crippen LogP contribution in [0.25, 0.3) is 0 Å². The summed E-state index contributed by atoms with van der Waals surface area (Å²) in [5.74, 6) is 0.701. The highest BCUT2D eigenvalue weighted by molar-refractivity contribution is 5.09. The number of rotatable bonds is 1. The first-order valence-electron chi connectivity index (χ1n) is 5.87. The van der Waals surface area contributed by atoms with Gasteiger partial charge in [-0.15, -0.1) is 6.58 Å². The Morgan fingerprint density at radius 1 is 1.43 bits per heavy atom. The Hall–Kier alpha value is -0.720. The maximum absolute atomic E-state index is 3.99. The molecule has 2 rings (SSSR count). The second-order valence-corrected chi connectivity index (χ2v) is 4.60. The van der Waals surface area contributed by atoms with E-state index >= 15 is 0 Å². The number of nitrogens with zero attached hydrogens (tertiary/aromatic N) is 1. The van der Waals surface area contributed by atoms with Gasteiger partial charge in [-0.2, -0.15) is 0 Å². The average molecular weight is 191 g/mol. The van der Waals surface area contributed by atoms with Crippen LogP contribution >= 0.6 is 0 Å². The topological polar surface area (TPSA) is 3.24 Å². The summed E-state index contributed by atoms with van der Waals surface area (Å²) in [5.41, 5.74) is 1.58. The molecule has 2 aliphatic heterocycles. The third-order valence-corrected chi connectivity index (χ3v) is 3.81. The summed E-state index contributed by atoms with van der Waals surface area (Å²) in [6.07, 6.45) is 12.6. The SMILES string of the molecule is C=C[C@@H]1CCC=C2CCCC[C@H]1N2C. The summed E-state index contributed by atoms with van der Waals surface area (Å²) in [4.78, 5) is 2.52. The quantitative estimate of drug-likeness (QED) is 0.575. The van der Waals surface area contributed by atoms with E-state index in [0.717, 1.165) is 6.04 Å². The molecular weight excluding hydrogens is 170 g/mol. The molecule has 1 fully saturated rings. The molecule has 0 saturated carbocycles. The maximum atomic E-state index is 3.99. The fourth-order valence-corrected chi connectivity index (χ4v) is 2.90. The van der Waals surface area contributed by atoms with Gasteiger partial charge in [0.25, 0.3) is 0 Å². The summed E-state index contributed by atoms with van der Waals surface area (Å²) in [6, 6.07) is 0.726. The van der Waals surface area contributed by atoms with Crippen LogP contribution in [0.5, 0.6) is 0 Å².